The predicted molar refractivity (Wildman–Crippen MR) is 124 cm³/mol. The molecule has 1 aliphatic rings. The smallest absolute Gasteiger partial charge is 0.260 e. The van der Waals surface area contributed by atoms with Crippen molar-refractivity contribution in [2.75, 3.05) is 44.3 Å². The summed E-state index contributed by atoms with van der Waals surface area (Å²) in [6.07, 6.45) is 0.964. The van der Waals surface area contributed by atoms with Gasteiger partial charge in [0.15, 0.2) is 12.4 Å². The van der Waals surface area contributed by atoms with Gasteiger partial charge in [-0.25, -0.2) is 0 Å². The van der Waals surface area contributed by atoms with Crippen LogP contribution in [0.3, 0.4) is 0 Å². The molecular formula is C25H28N4O3. The second-order valence-electron chi connectivity index (χ2n) is 7.62. The predicted octanol–water partition coefficient (Wildman–Crippen LogP) is 3.66. The number of hydrogen-bond acceptors (Lipinski definition) is 6. The van der Waals surface area contributed by atoms with Gasteiger partial charge in [-0.3, -0.25) is 4.79 Å². The fraction of sp³-hybridized carbons (Fsp3) is 0.320. The Kier molecular flexibility index (Phi) is 7.17. The van der Waals surface area contributed by atoms with Crippen molar-refractivity contribution in [3.63, 3.8) is 0 Å². The lowest BCUT2D eigenvalue weighted by atomic mass is 10.1. The summed E-state index contributed by atoms with van der Waals surface area (Å²) in [5, 5.41) is 8.75. The Morgan fingerprint density at radius 3 is 2.16 bits per heavy atom. The van der Waals surface area contributed by atoms with Crippen LogP contribution >= 0.6 is 0 Å². The third-order valence-electron chi connectivity index (χ3n) is 5.34. The van der Waals surface area contributed by atoms with Gasteiger partial charge in [0.1, 0.15) is 11.5 Å². The molecule has 0 aliphatic carbocycles. The standard InChI is InChI=1S/C25H28N4O3/c1-2-18-31-21-8-10-22(11-9-21)32-19-25(30)29-16-14-28(15-17-29)24-13-12-23(26-27-24)20-6-4-3-5-7-20/h3-13H,2,14-19H2,1H3. The molecule has 0 atom stereocenters. The Morgan fingerprint density at radius 2 is 1.53 bits per heavy atom. The Hall–Kier alpha value is -3.61. The van der Waals surface area contributed by atoms with Gasteiger partial charge in [0.2, 0.25) is 0 Å². The highest BCUT2D eigenvalue weighted by molar-refractivity contribution is 5.78. The van der Waals surface area contributed by atoms with Crippen molar-refractivity contribution in [1.82, 2.24) is 15.1 Å². The van der Waals surface area contributed by atoms with Gasteiger partial charge in [-0.15, -0.1) is 10.2 Å². The average molecular weight is 433 g/mol. The number of rotatable bonds is 8. The third kappa shape index (κ3) is 5.55. The van der Waals surface area contributed by atoms with Crippen LogP contribution in [0.4, 0.5) is 5.82 Å². The number of nitrogens with zero attached hydrogens (tertiary/aromatic N) is 4. The molecule has 1 saturated heterocycles. The van der Waals surface area contributed by atoms with Crippen LogP contribution < -0.4 is 14.4 Å². The van der Waals surface area contributed by atoms with Gasteiger partial charge in [0.25, 0.3) is 5.91 Å². The van der Waals surface area contributed by atoms with Crippen LogP contribution in [0, 0.1) is 0 Å². The summed E-state index contributed by atoms with van der Waals surface area (Å²) in [7, 11) is 0. The highest BCUT2D eigenvalue weighted by Gasteiger charge is 2.22. The summed E-state index contributed by atoms with van der Waals surface area (Å²) < 4.78 is 11.2. The van der Waals surface area contributed by atoms with Gasteiger partial charge in [-0.05, 0) is 42.8 Å². The molecule has 2 heterocycles. The molecule has 0 saturated carbocycles. The number of hydrogen-bond donors (Lipinski definition) is 0. The molecule has 0 bridgehead atoms. The van der Waals surface area contributed by atoms with Crippen molar-refractivity contribution in [3.8, 4) is 22.8 Å². The SMILES string of the molecule is CCCOc1ccc(OCC(=O)N2CCN(c3ccc(-c4ccccc4)nn3)CC2)cc1. The topological polar surface area (TPSA) is 67.8 Å². The number of ether oxygens (including phenoxy) is 2. The molecule has 1 aromatic heterocycles. The van der Waals surface area contributed by atoms with E-state index in [4.69, 9.17) is 9.47 Å². The molecule has 0 radical (unpaired) electrons. The Morgan fingerprint density at radius 1 is 0.844 bits per heavy atom. The number of carbonyl (C=O) groups is 1. The first-order valence-electron chi connectivity index (χ1n) is 11.0. The quantitative estimate of drug-likeness (QED) is 0.541. The van der Waals surface area contributed by atoms with E-state index in [1.54, 1.807) is 0 Å². The largest absolute Gasteiger partial charge is 0.494 e. The normalized spacial score (nSPS) is 13.7. The molecule has 3 aromatic rings. The van der Waals surface area contributed by atoms with Gasteiger partial charge in [-0.2, -0.15) is 0 Å². The maximum atomic E-state index is 12.6. The van der Waals surface area contributed by atoms with E-state index in [-0.39, 0.29) is 12.5 Å². The molecule has 1 fully saturated rings. The Balaban J connectivity index is 1.24. The summed E-state index contributed by atoms with van der Waals surface area (Å²) in [6, 6.07) is 21.3. The van der Waals surface area contributed by atoms with Crippen LogP contribution in [0.1, 0.15) is 13.3 Å². The molecule has 4 rings (SSSR count). The van der Waals surface area contributed by atoms with E-state index in [0.717, 1.165) is 29.2 Å². The molecular weight excluding hydrogens is 404 g/mol. The van der Waals surface area contributed by atoms with Crippen LogP contribution in [0.25, 0.3) is 11.3 Å². The molecule has 7 heteroatoms. The molecule has 166 valence electrons. The first kappa shape index (κ1) is 21.6. The molecule has 0 spiro atoms. The van der Waals surface area contributed by atoms with Crippen molar-refractivity contribution in [2.24, 2.45) is 0 Å². The second-order valence-corrected chi connectivity index (χ2v) is 7.62. The summed E-state index contributed by atoms with van der Waals surface area (Å²) in [5.41, 5.74) is 1.90. The summed E-state index contributed by atoms with van der Waals surface area (Å²) >= 11 is 0. The van der Waals surface area contributed by atoms with Crippen molar-refractivity contribution in [1.29, 1.82) is 0 Å². The van der Waals surface area contributed by atoms with Crippen molar-refractivity contribution < 1.29 is 14.3 Å². The summed E-state index contributed by atoms with van der Waals surface area (Å²) in [6.45, 7) is 5.48. The third-order valence-corrected chi connectivity index (χ3v) is 5.34. The monoisotopic (exact) mass is 432 g/mol. The molecule has 32 heavy (non-hydrogen) atoms. The van der Waals surface area contributed by atoms with Gasteiger partial charge in [-0.1, -0.05) is 37.3 Å². The van der Waals surface area contributed by atoms with E-state index < -0.39 is 0 Å². The Bertz CT molecular complexity index is 986. The van der Waals surface area contributed by atoms with Crippen LogP contribution in [0.2, 0.25) is 0 Å². The molecule has 7 nitrogen and oxygen atoms in total. The lowest BCUT2D eigenvalue weighted by Gasteiger charge is -2.35. The fourth-order valence-electron chi connectivity index (χ4n) is 3.53. The molecule has 2 aromatic carbocycles. The number of carbonyl (C=O) groups excluding carboxylic acids is 1. The fourth-order valence-corrected chi connectivity index (χ4v) is 3.53. The number of piperazine rings is 1. The summed E-state index contributed by atoms with van der Waals surface area (Å²) in [5.74, 6) is 2.29. The van der Waals surface area contributed by atoms with E-state index in [1.165, 1.54) is 0 Å². The van der Waals surface area contributed by atoms with Crippen LogP contribution in [0.15, 0.2) is 66.7 Å². The lowest BCUT2D eigenvalue weighted by molar-refractivity contribution is -0.133. The van der Waals surface area contributed by atoms with Gasteiger partial charge >= 0.3 is 0 Å². The van der Waals surface area contributed by atoms with Crippen LogP contribution in [0.5, 0.6) is 11.5 Å². The van der Waals surface area contributed by atoms with Gasteiger partial charge in [0, 0.05) is 31.7 Å². The number of anilines is 1. The number of benzene rings is 2. The van der Waals surface area contributed by atoms with Crippen molar-refractivity contribution in [2.45, 2.75) is 13.3 Å². The van der Waals surface area contributed by atoms with Crippen LogP contribution in [-0.4, -0.2) is 60.4 Å². The Labute approximate surface area is 188 Å². The molecule has 0 unspecified atom stereocenters. The summed E-state index contributed by atoms with van der Waals surface area (Å²) in [4.78, 5) is 16.5. The lowest BCUT2D eigenvalue weighted by Crippen LogP contribution is -2.50. The zero-order valence-electron chi connectivity index (χ0n) is 18.3. The molecule has 1 amide bonds. The first-order valence-corrected chi connectivity index (χ1v) is 11.0. The number of amides is 1. The molecule has 1 aliphatic heterocycles. The minimum atomic E-state index is -0.0125. The maximum absolute atomic E-state index is 12.6. The minimum Gasteiger partial charge on any atom is -0.494 e. The van der Waals surface area contributed by atoms with Crippen molar-refractivity contribution in [3.05, 3.63) is 66.7 Å². The maximum Gasteiger partial charge on any atom is 0.260 e. The highest BCUT2D eigenvalue weighted by Crippen LogP contribution is 2.20. The van der Waals surface area contributed by atoms with E-state index in [9.17, 15) is 4.79 Å². The first-order chi connectivity index (χ1) is 15.7. The minimum absolute atomic E-state index is 0.0125. The average Bonchev–Trinajstić information content (AvgIpc) is 2.87. The number of aromatic nitrogens is 2. The molecule has 0 N–H and O–H groups in total. The van der Waals surface area contributed by atoms with Crippen LogP contribution in [-0.2, 0) is 4.79 Å². The van der Waals surface area contributed by atoms with E-state index >= 15 is 0 Å². The van der Waals surface area contributed by atoms with E-state index in [2.05, 4.69) is 22.0 Å². The van der Waals surface area contributed by atoms with Crippen molar-refractivity contribution >= 4 is 11.7 Å². The van der Waals surface area contributed by atoms with Gasteiger partial charge < -0.3 is 19.3 Å². The highest BCUT2D eigenvalue weighted by atomic mass is 16.5. The van der Waals surface area contributed by atoms with E-state index in [0.29, 0.717) is 38.5 Å². The van der Waals surface area contributed by atoms with Gasteiger partial charge in [0.05, 0.1) is 12.3 Å². The zero-order valence-corrected chi connectivity index (χ0v) is 18.3. The second kappa shape index (κ2) is 10.6. The van der Waals surface area contributed by atoms with E-state index in [1.807, 2.05) is 71.6 Å². The zero-order chi connectivity index (χ0) is 22.2.